The summed E-state index contributed by atoms with van der Waals surface area (Å²) in [7, 11) is 0. The first-order valence-electron chi connectivity index (χ1n) is 8.21. The summed E-state index contributed by atoms with van der Waals surface area (Å²) in [4.78, 5) is 4.06. The lowest BCUT2D eigenvalue weighted by atomic mass is 10.0. The van der Waals surface area contributed by atoms with Crippen molar-refractivity contribution in [3.63, 3.8) is 0 Å². The van der Waals surface area contributed by atoms with Crippen molar-refractivity contribution in [3.8, 4) is 11.1 Å². The van der Waals surface area contributed by atoms with E-state index in [2.05, 4.69) is 34.6 Å². The van der Waals surface area contributed by atoms with E-state index in [-0.39, 0.29) is 6.10 Å². The molecule has 3 rings (SSSR count). The summed E-state index contributed by atoms with van der Waals surface area (Å²) < 4.78 is 0. The first-order chi connectivity index (χ1) is 10.8. The van der Waals surface area contributed by atoms with Crippen LogP contribution in [0.2, 0.25) is 0 Å². The Morgan fingerprint density at radius 2 is 1.86 bits per heavy atom. The predicted octanol–water partition coefficient (Wildman–Crippen LogP) is 3.39. The number of benzene rings is 1. The molecule has 2 N–H and O–H groups in total. The first-order valence-corrected chi connectivity index (χ1v) is 8.21. The molecule has 1 aliphatic carbocycles. The lowest BCUT2D eigenvalue weighted by Gasteiger charge is -2.18. The van der Waals surface area contributed by atoms with E-state index in [1.54, 1.807) is 0 Å². The quantitative estimate of drug-likeness (QED) is 0.859. The Bertz CT molecular complexity index is 579. The van der Waals surface area contributed by atoms with Crippen molar-refractivity contribution in [3.05, 3.63) is 54.4 Å². The Morgan fingerprint density at radius 1 is 1.09 bits per heavy atom. The van der Waals surface area contributed by atoms with Crippen LogP contribution >= 0.6 is 0 Å². The summed E-state index contributed by atoms with van der Waals surface area (Å²) in [6, 6.07) is 12.6. The SMILES string of the molecule is OC(CNCc1cccc(-c2ccncc2)c1)C1CCCC1. The first kappa shape index (κ1) is 15.2. The summed E-state index contributed by atoms with van der Waals surface area (Å²) in [5, 5.41) is 13.6. The third kappa shape index (κ3) is 3.93. The van der Waals surface area contributed by atoms with Crippen LogP contribution in [0, 0.1) is 5.92 Å². The van der Waals surface area contributed by atoms with Crippen molar-refractivity contribution in [1.82, 2.24) is 10.3 Å². The summed E-state index contributed by atoms with van der Waals surface area (Å²) in [6.07, 6.45) is 8.34. The van der Waals surface area contributed by atoms with Gasteiger partial charge in [-0.1, -0.05) is 31.0 Å². The molecule has 2 aromatic rings. The zero-order chi connectivity index (χ0) is 15.2. The fourth-order valence-electron chi connectivity index (χ4n) is 3.28. The van der Waals surface area contributed by atoms with Crippen LogP contribution in [0.15, 0.2) is 48.8 Å². The fourth-order valence-corrected chi connectivity index (χ4v) is 3.28. The van der Waals surface area contributed by atoms with Gasteiger partial charge in [-0.3, -0.25) is 4.98 Å². The van der Waals surface area contributed by atoms with E-state index < -0.39 is 0 Å². The van der Waals surface area contributed by atoms with Gasteiger partial charge in [-0.2, -0.15) is 0 Å². The molecule has 0 amide bonds. The van der Waals surface area contributed by atoms with Gasteiger partial charge in [0.25, 0.3) is 0 Å². The monoisotopic (exact) mass is 296 g/mol. The molecule has 1 unspecified atom stereocenters. The zero-order valence-electron chi connectivity index (χ0n) is 12.9. The summed E-state index contributed by atoms with van der Waals surface area (Å²) >= 11 is 0. The van der Waals surface area contributed by atoms with E-state index in [4.69, 9.17) is 0 Å². The van der Waals surface area contributed by atoms with E-state index in [1.807, 2.05) is 24.5 Å². The second-order valence-corrected chi connectivity index (χ2v) is 6.18. The van der Waals surface area contributed by atoms with Gasteiger partial charge in [0.2, 0.25) is 0 Å². The highest BCUT2D eigenvalue weighted by Crippen LogP contribution is 2.27. The largest absolute Gasteiger partial charge is 0.392 e. The molecule has 1 heterocycles. The molecule has 0 bridgehead atoms. The van der Waals surface area contributed by atoms with Crippen molar-refractivity contribution >= 4 is 0 Å². The lowest BCUT2D eigenvalue weighted by Crippen LogP contribution is -2.31. The van der Waals surface area contributed by atoms with Crippen LogP contribution in [0.25, 0.3) is 11.1 Å². The minimum Gasteiger partial charge on any atom is -0.392 e. The number of nitrogens with one attached hydrogen (secondary N) is 1. The van der Waals surface area contributed by atoms with E-state index in [0.717, 1.165) is 6.54 Å². The maximum absolute atomic E-state index is 10.2. The van der Waals surface area contributed by atoms with Gasteiger partial charge in [0, 0.05) is 25.5 Å². The number of nitrogens with zero attached hydrogens (tertiary/aromatic N) is 1. The van der Waals surface area contributed by atoms with Gasteiger partial charge in [-0.05, 0) is 53.6 Å². The third-order valence-electron chi connectivity index (χ3n) is 4.57. The van der Waals surface area contributed by atoms with E-state index in [1.165, 1.54) is 42.4 Å². The van der Waals surface area contributed by atoms with Crippen LogP contribution in [0.3, 0.4) is 0 Å². The maximum Gasteiger partial charge on any atom is 0.0692 e. The minimum absolute atomic E-state index is 0.203. The topological polar surface area (TPSA) is 45.1 Å². The molecular formula is C19H24N2O. The predicted molar refractivity (Wildman–Crippen MR) is 89.3 cm³/mol. The average molecular weight is 296 g/mol. The van der Waals surface area contributed by atoms with Crippen molar-refractivity contribution in [2.24, 2.45) is 5.92 Å². The third-order valence-corrected chi connectivity index (χ3v) is 4.57. The standard InChI is InChI=1S/C19H24N2O/c22-19(17-5-1-2-6-17)14-21-13-15-4-3-7-18(12-15)16-8-10-20-11-9-16/h3-4,7-12,17,19,21-22H,1-2,5-6,13-14H2. The molecule has 0 spiro atoms. The normalized spacial score (nSPS) is 16.8. The summed E-state index contributed by atoms with van der Waals surface area (Å²) in [5.74, 6) is 0.496. The van der Waals surface area contributed by atoms with E-state index in [0.29, 0.717) is 12.5 Å². The minimum atomic E-state index is -0.203. The van der Waals surface area contributed by atoms with Crippen molar-refractivity contribution in [1.29, 1.82) is 0 Å². The Balaban J connectivity index is 1.54. The number of hydrogen-bond donors (Lipinski definition) is 2. The second kappa shape index (κ2) is 7.52. The smallest absolute Gasteiger partial charge is 0.0692 e. The van der Waals surface area contributed by atoms with Crippen molar-refractivity contribution in [2.75, 3.05) is 6.54 Å². The number of aliphatic hydroxyl groups excluding tert-OH is 1. The van der Waals surface area contributed by atoms with E-state index >= 15 is 0 Å². The highest BCUT2D eigenvalue weighted by molar-refractivity contribution is 5.63. The van der Waals surface area contributed by atoms with Crippen molar-refractivity contribution < 1.29 is 5.11 Å². The Morgan fingerprint density at radius 3 is 2.64 bits per heavy atom. The van der Waals surface area contributed by atoms with Crippen LogP contribution < -0.4 is 5.32 Å². The Labute approximate surface area is 132 Å². The summed E-state index contributed by atoms with van der Waals surface area (Å²) in [5.41, 5.74) is 3.63. The fraction of sp³-hybridized carbons (Fsp3) is 0.421. The number of rotatable bonds is 6. The van der Waals surface area contributed by atoms with Gasteiger partial charge in [0.15, 0.2) is 0 Å². The Hall–Kier alpha value is -1.71. The van der Waals surface area contributed by atoms with Gasteiger partial charge in [-0.15, -0.1) is 0 Å². The van der Waals surface area contributed by atoms with Crippen LogP contribution in [0.4, 0.5) is 0 Å². The molecule has 1 aromatic heterocycles. The van der Waals surface area contributed by atoms with Crippen LogP contribution in [-0.4, -0.2) is 22.7 Å². The molecular weight excluding hydrogens is 272 g/mol. The molecule has 1 aliphatic rings. The van der Waals surface area contributed by atoms with E-state index in [9.17, 15) is 5.11 Å². The number of aromatic nitrogens is 1. The molecule has 3 heteroatoms. The number of hydrogen-bond acceptors (Lipinski definition) is 3. The molecule has 1 aromatic carbocycles. The molecule has 1 atom stereocenters. The van der Waals surface area contributed by atoms with Gasteiger partial charge in [-0.25, -0.2) is 0 Å². The second-order valence-electron chi connectivity index (χ2n) is 6.18. The van der Waals surface area contributed by atoms with Crippen LogP contribution in [0.1, 0.15) is 31.2 Å². The molecule has 0 saturated heterocycles. The Kier molecular flexibility index (Phi) is 5.20. The highest BCUT2D eigenvalue weighted by Gasteiger charge is 2.22. The maximum atomic E-state index is 10.2. The molecule has 0 radical (unpaired) electrons. The van der Waals surface area contributed by atoms with Gasteiger partial charge < -0.3 is 10.4 Å². The van der Waals surface area contributed by atoms with Gasteiger partial charge >= 0.3 is 0 Å². The molecule has 0 aliphatic heterocycles. The molecule has 3 nitrogen and oxygen atoms in total. The van der Waals surface area contributed by atoms with Crippen LogP contribution in [-0.2, 0) is 6.54 Å². The van der Waals surface area contributed by atoms with Crippen molar-refractivity contribution in [2.45, 2.75) is 38.3 Å². The molecule has 22 heavy (non-hydrogen) atoms. The summed E-state index contributed by atoms with van der Waals surface area (Å²) in [6.45, 7) is 1.48. The number of aliphatic hydroxyl groups is 1. The van der Waals surface area contributed by atoms with Gasteiger partial charge in [0.05, 0.1) is 6.10 Å². The average Bonchev–Trinajstić information content (AvgIpc) is 3.10. The molecule has 116 valence electrons. The number of pyridine rings is 1. The zero-order valence-corrected chi connectivity index (χ0v) is 12.9. The highest BCUT2D eigenvalue weighted by atomic mass is 16.3. The molecule has 1 fully saturated rings. The van der Waals surface area contributed by atoms with Crippen LogP contribution in [0.5, 0.6) is 0 Å². The lowest BCUT2D eigenvalue weighted by molar-refractivity contribution is 0.109. The molecule has 1 saturated carbocycles. The van der Waals surface area contributed by atoms with Gasteiger partial charge in [0.1, 0.15) is 0 Å².